The summed E-state index contributed by atoms with van der Waals surface area (Å²) in [6.07, 6.45) is 5.07. The van der Waals surface area contributed by atoms with E-state index < -0.39 is 0 Å². The SMILES string of the molecule is CC(CN)CCN(C)CCC1CCOCC1. The summed E-state index contributed by atoms with van der Waals surface area (Å²) in [5.74, 6) is 1.55. The van der Waals surface area contributed by atoms with E-state index in [9.17, 15) is 0 Å². The molecule has 0 aromatic heterocycles. The van der Waals surface area contributed by atoms with Gasteiger partial charge in [0, 0.05) is 13.2 Å². The van der Waals surface area contributed by atoms with Crippen molar-refractivity contribution in [1.29, 1.82) is 0 Å². The molecule has 1 unspecified atom stereocenters. The summed E-state index contributed by atoms with van der Waals surface area (Å²) in [5.41, 5.74) is 5.62. The number of rotatable bonds is 7. The fourth-order valence-electron chi connectivity index (χ4n) is 2.11. The summed E-state index contributed by atoms with van der Waals surface area (Å²) in [7, 11) is 2.22. The van der Waals surface area contributed by atoms with Crippen LogP contribution in [0.25, 0.3) is 0 Å². The molecule has 0 spiro atoms. The number of hydrogen-bond acceptors (Lipinski definition) is 3. The molecule has 3 heteroatoms. The van der Waals surface area contributed by atoms with Gasteiger partial charge in [0.1, 0.15) is 0 Å². The van der Waals surface area contributed by atoms with E-state index >= 15 is 0 Å². The molecule has 1 atom stereocenters. The second kappa shape index (κ2) is 8.04. The van der Waals surface area contributed by atoms with E-state index in [-0.39, 0.29) is 0 Å². The molecular formula is C13H28N2O. The average Bonchev–Trinajstić information content (AvgIpc) is 2.34. The van der Waals surface area contributed by atoms with Crippen LogP contribution in [0.2, 0.25) is 0 Å². The van der Waals surface area contributed by atoms with E-state index in [0.29, 0.717) is 5.92 Å². The minimum Gasteiger partial charge on any atom is -0.381 e. The lowest BCUT2D eigenvalue weighted by Gasteiger charge is -2.25. The zero-order valence-corrected chi connectivity index (χ0v) is 11.0. The van der Waals surface area contributed by atoms with E-state index in [1.807, 2.05) is 0 Å². The maximum absolute atomic E-state index is 5.62. The van der Waals surface area contributed by atoms with Gasteiger partial charge in [0.25, 0.3) is 0 Å². The summed E-state index contributed by atoms with van der Waals surface area (Å²) in [5, 5.41) is 0. The molecule has 0 aliphatic carbocycles. The first-order chi connectivity index (χ1) is 7.72. The van der Waals surface area contributed by atoms with Gasteiger partial charge in [0.05, 0.1) is 0 Å². The van der Waals surface area contributed by atoms with Gasteiger partial charge in [-0.2, -0.15) is 0 Å². The minimum atomic E-state index is 0.658. The molecule has 16 heavy (non-hydrogen) atoms. The molecule has 1 saturated heterocycles. The van der Waals surface area contributed by atoms with Crippen LogP contribution in [0.15, 0.2) is 0 Å². The van der Waals surface area contributed by atoms with Crippen LogP contribution in [0, 0.1) is 11.8 Å². The Morgan fingerprint density at radius 3 is 2.62 bits per heavy atom. The first-order valence-corrected chi connectivity index (χ1v) is 6.68. The normalized spacial score (nSPS) is 20.2. The number of nitrogens with zero attached hydrogens (tertiary/aromatic N) is 1. The Morgan fingerprint density at radius 2 is 2.00 bits per heavy atom. The molecule has 1 aliphatic heterocycles. The summed E-state index contributed by atoms with van der Waals surface area (Å²) < 4.78 is 5.37. The van der Waals surface area contributed by atoms with Gasteiger partial charge in [0.2, 0.25) is 0 Å². The monoisotopic (exact) mass is 228 g/mol. The quantitative estimate of drug-likeness (QED) is 0.721. The van der Waals surface area contributed by atoms with Gasteiger partial charge in [-0.25, -0.2) is 0 Å². The first kappa shape index (κ1) is 13.9. The lowest BCUT2D eigenvalue weighted by atomic mass is 9.96. The van der Waals surface area contributed by atoms with Crippen LogP contribution in [-0.4, -0.2) is 44.8 Å². The van der Waals surface area contributed by atoms with Crippen molar-refractivity contribution in [3.05, 3.63) is 0 Å². The average molecular weight is 228 g/mol. The molecule has 1 heterocycles. The van der Waals surface area contributed by atoms with Crippen LogP contribution in [0.3, 0.4) is 0 Å². The summed E-state index contributed by atoms with van der Waals surface area (Å²) in [6.45, 7) is 7.39. The van der Waals surface area contributed by atoms with Gasteiger partial charge in [-0.3, -0.25) is 0 Å². The van der Waals surface area contributed by atoms with Crippen molar-refractivity contribution < 1.29 is 4.74 Å². The fourth-order valence-corrected chi connectivity index (χ4v) is 2.11. The van der Waals surface area contributed by atoms with Crippen molar-refractivity contribution in [2.45, 2.75) is 32.6 Å². The second-order valence-corrected chi connectivity index (χ2v) is 5.28. The summed E-state index contributed by atoms with van der Waals surface area (Å²) in [4.78, 5) is 2.45. The molecule has 96 valence electrons. The largest absolute Gasteiger partial charge is 0.381 e. The lowest BCUT2D eigenvalue weighted by molar-refractivity contribution is 0.0609. The Morgan fingerprint density at radius 1 is 1.31 bits per heavy atom. The maximum atomic E-state index is 5.62. The van der Waals surface area contributed by atoms with Gasteiger partial charge in [-0.1, -0.05) is 6.92 Å². The van der Waals surface area contributed by atoms with Crippen molar-refractivity contribution >= 4 is 0 Å². The maximum Gasteiger partial charge on any atom is 0.0468 e. The van der Waals surface area contributed by atoms with Gasteiger partial charge in [-0.05, 0) is 64.2 Å². The molecule has 0 aromatic carbocycles. The third-order valence-corrected chi connectivity index (χ3v) is 3.67. The van der Waals surface area contributed by atoms with Gasteiger partial charge >= 0.3 is 0 Å². The standard InChI is InChI=1S/C13H28N2O/c1-12(11-14)3-7-15(2)8-4-13-5-9-16-10-6-13/h12-13H,3-11,14H2,1-2H3. The Balaban J connectivity index is 2.02. The molecule has 0 bridgehead atoms. The third kappa shape index (κ3) is 5.83. The van der Waals surface area contributed by atoms with Crippen molar-refractivity contribution in [2.24, 2.45) is 17.6 Å². The molecule has 1 fully saturated rings. The first-order valence-electron chi connectivity index (χ1n) is 6.68. The molecule has 0 aromatic rings. The molecular weight excluding hydrogens is 200 g/mol. The molecule has 1 rings (SSSR count). The zero-order chi connectivity index (χ0) is 11.8. The Bertz CT molecular complexity index is 169. The van der Waals surface area contributed by atoms with Crippen LogP contribution in [-0.2, 0) is 4.74 Å². The van der Waals surface area contributed by atoms with Crippen LogP contribution in [0.4, 0.5) is 0 Å². The zero-order valence-electron chi connectivity index (χ0n) is 11.0. The van der Waals surface area contributed by atoms with Crippen LogP contribution in [0.1, 0.15) is 32.6 Å². The predicted molar refractivity (Wildman–Crippen MR) is 68.5 cm³/mol. The van der Waals surface area contributed by atoms with Gasteiger partial charge in [0.15, 0.2) is 0 Å². The number of ether oxygens (including phenoxy) is 1. The summed E-state index contributed by atoms with van der Waals surface area (Å²) >= 11 is 0. The van der Waals surface area contributed by atoms with E-state index in [2.05, 4.69) is 18.9 Å². The van der Waals surface area contributed by atoms with E-state index in [0.717, 1.165) is 25.7 Å². The van der Waals surface area contributed by atoms with Crippen molar-refractivity contribution in [2.75, 3.05) is 39.9 Å². The van der Waals surface area contributed by atoms with Gasteiger partial charge < -0.3 is 15.4 Å². The Labute approximate surface area is 100 Å². The van der Waals surface area contributed by atoms with E-state index in [1.54, 1.807) is 0 Å². The highest BCUT2D eigenvalue weighted by Gasteiger charge is 2.14. The van der Waals surface area contributed by atoms with Gasteiger partial charge in [-0.15, -0.1) is 0 Å². The topological polar surface area (TPSA) is 38.5 Å². The predicted octanol–water partition coefficient (Wildman–Crippen LogP) is 1.72. The number of nitrogens with two attached hydrogens (primary N) is 1. The molecule has 0 radical (unpaired) electrons. The summed E-state index contributed by atoms with van der Waals surface area (Å²) in [6, 6.07) is 0. The minimum absolute atomic E-state index is 0.658. The third-order valence-electron chi connectivity index (χ3n) is 3.67. The smallest absolute Gasteiger partial charge is 0.0468 e. The lowest BCUT2D eigenvalue weighted by Crippen LogP contribution is -2.27. The Kier molecular flexibility index (Phi) is 7.01. The highest BCUT2D eigenvalue weighted by atomic mass is 16.5. The van der Waals surface area contributed by atoms with E-state index in [1.165, 1.54) is 38.8 Å². The Hall–Kier alpha value is -0.120. The molecule has 0 amide bonds. The molecule has 1 aliphatic rings. The van der Waals surface area contributed by atoms with E-state index in [4.69, 9.17) is 10.5 Å². The second-order valence-electron chi connectivity index (χ2n) is 5.28. The van der Waals surface area contributed by atoms with Crippen LogP contribution >= 0.6 is 0 Å². The van der Waals surface area contributed by atoms with Crippen molar-refractivity contribution in [1.82, 2.24) is 4.90 Å². The molecule has 2 N–H and O–H groups in total. The van der Waals surface area contributed by atoms with Crippen molar-refractivity contribution in [3.63, 3.8) is 0 Å². The molecule has 3 nitrogen and oxygen atoms in total. The highest BCUT2D eigenvalue weighted by Crippen LogP contribution is 2.18. The fraction of sp³-hybridized carbons (Fsp3) is 1.00. The highest BCUT2D eigenvalue weighted by molar-refractivity contribution is 4.66. The molecule has 0 saturated carbocycles. The van der Waals surface area contributed by atoms with Crippen LogP contribution in [0.5, 0.6) is 0 Å². The van der Waals surface area contributed by atoms with Crippen LogP contribution < -0.4 is 5.73 Å². The van der Waals surface area contributed by atoms with Crippen molar-refractivity contribution in [3.8, 4) is 0 Å². The number of hydrogen-bond donors (Lipinski definition) is 1.